The molecule has 0 N–H and O–H groups in total. The number of thioether (sulfide) groups is 4. The van der Waals surface area contributed by atoms with Crippen LogP contribution in [0.25, 0.3) is 0 Å². The molecule has 2 unspecified atom stereocenters. The van der Waals surface area contributed by atoms with E-state index < -0.39 is 11.8 Å². The molecule has 0 aromatic rings. The topological polar surface area (TPSA) is 68.3 Å². The molecule has 0 bridgehead atoms. The van der Waals surface area contributed by atoms with Crippen LogP contribution in [0.15, 0.2) is 0 Å². The molecule has 0 amide bonds. The van der Waals surface area contributed by atoms with Gasteiger partial charge in [-0.15, -0.1) is 0 Å². The minimum atomic E-state index is -0.591. The van der Waals surface area contributed by atoms with E-state index in [1.165, 1.54) is 0 Å². The maximum absolute atomic E-state index is 13.3. The van der Waals surface area contributed by atoms with Gasteiger partial charge in [0.1, 0.15) is 23.1 Å². The highest BCUT2D eigenvalue weighted by atomic mass is 32.2. The first-order valence-corrected chi connectivity index (χ1v) is 16.6. The number of carbonyl (C=O) groups excluding carboxylic acids is 4. The molecule has 0 aliphatic rings. The first-order valence-electron chi connectivity index (χ1n) is 12.4. The molecule has 198 valence electrons. The molecule has 34 heavy (non-hydrogen) atoms. The van der Waals surface area contributed by atoms with Crippen molar-refractivity contribution in [1.29, 1.82) is 0 Å². The molecule has 0 fully saturated rings. The second-order valence-corrected chi connectivity index (χ2v) is 16.0. The van der Waals surface area contributed by atoms with Crippen LogP contribution < -0.4 is 0 Å². The molecule has 4 nitrogen and oxygen atoms in total. The van der Waals surface area contributed by atoms with Crippen LogP contribution >= 0.6 is 47.0 Å². The maximum Gasteiger partial charge on any atom is 0.146 e. The number of Topliss-reactive ketones (excluding diaryl/α,β-unsaturated/α-hetero) is 4. The van der Waals surface area contributed by atoms with E-state index in [0.717, 1.165) is 0 Å². The van der Waals surface area contributed by atoms with Gasteiger partial charge in [0.2, 0.25) is 0 Å². The van der Waals surface area contributed by atoms with Crippen molar-refractivity contribution < 1.29 is 19.2 Å². The van der Waals surface area contributed by atoms with Crippen molar-refractivity contribution in [2.24, 2.45) is 11.8 Å². The van der Waals surface area contributed by atoms with E-state index >= 15 is 0 Å². The third-order valence-electron chi connectivity index (χ3n) is 5.00. The van der Waals surface area contributed by atoms with E-state index in [4.69, 9.17) is 0 Å². The summed E-state index contributed by atoms with van der Waals surface area (Å²) < 4.78 is 0. The van der Waals surface area contributed by atoms with E-state index in [1.54, 1.807) is 47.0 Å². The van der Waals surface area contributed by atoms with Crippen LogP contribution in [0.5, 0.6) is 0 Å². The highest BCUT2D eigenvalue weighted by Gasteiger charge is 2.34. The van der Waals surface area contributed by atoms with Crippen LogP contribution in [-0.4, -0.2) is 67.1 Å². The minimum absolute atomic E-state index is 0.00353. The Morgan fingerprint density at radius 3 is 1.35 bits per heavy atom. The van der Waals surface area contributed by atoms with Crippen LogP contribution in [0.4, 0.5) is 0 Å². The zero-order chi connectivity index (χ0) is 26.3. The lowest BCUT2D eigenvalue weighted by molar-refractivity contribution is -0.132. The van der Waals surface area contributed by atoms with E-state index in [1.807, 2.05) is 41.5 Å². The molecule has 2 atom stereocenters. The van der Waals surface area contributed by atoms with Gasteiger partial charge in [-0.1, -0.05) is 55.4 Å². The number of hydrogen-bond donors (Lipinski definition) is 0. The average molecular weight is 551 g/mol. The Kier molecular flexibility index (Phi) is 19.3. The lowest BCUT2D eigenvalue weighted by Gasteiger charge is -2.25. The molecule has 0 aliphatic heterocycles. The average Bonchev–Trinajstić information content (AvgIpc) is 2.74. The van der Waals surface area contributed by atoms with Crippen LogP contribution in [0.3, 0.4) is 0 Å². The van der Waals surface area contributed by atoms with Crippen LogP contribution in [0.1, 0.15) is 81.1 Å². The Balaban J connectivity index is 5.53. The lowest BCUT2D eigenvalue weighted by atomic mass is 9.79. The summed E-state index contributed by atoms with van der Waals surface area (Å²) in [4.78, 5) is 51.6. The molecule has 0 heterocycles. The summed E-state index contributed by atoms with van der Waals surface area (Å²) in [6, 6.07) is 0. The molecule has 0 spiro atoms. The van der Waals surface area contributed by atoms with Crippen molar-refractivity contribution in [2.45, 2.75) is 102 Å². The summed E-state index contributed by atoms with van der Waals surface area (Å²) in [5.74, 6) is 0.680. The molecule has 0 aromatic carbocycles. The molecular formula is C26H46O4S4. The Hall–Kier alpha value is 0.0800. The first kappa shape index (κ1) is 34.1. The molecule has 0 radical (unpaired) electrons. The Morgan fingerprint density at radius 1 is 0.529 bits per heavy atom. The summed E-state index contributed by atoms with van der Waals surface area (Å²) in [6.07, 6.45) is 1.61. The smallest absolute Gasteiger partial charge is 0.146 e. The summed E-state index contributed by atoms with van der Waals surface area (Å²) in [5.41, 5.74) is 0. The number of ketones is 4. The highest BCUT2D eigenvalue weighted by molar-refractivity contribution is 8.01. The number of carbonyl (C=O) groups is 4. The SMILES string of the molecule is CC(C)SCC(=O)CCCC(C(=O)CSC(C)C)C(CC(=O)CSC(C)C)C(=O)CSC(C)C. The van der Waals surface area contributed by atoms with Crippen molar-refractivity contribution in [3.63, 3.8) is 0 Å². The molecule has 0 aliphatic carbocycles. The zero-order valence-corrected chi connectivity index (χ0v) is 25.7. The predicted molar refractivity (Wildman–Crippen MR) is 156 cm³/mol. The van der Waals surface area contributed by atoms with Crippen molar-refractivity contribution in [3.05, 3.63) is 0 Å². The van der Waals surface area contributed by atoms with Crippen LogP contribution in [-0.2, 0) is 19.2 Å². The van der Waals surface area contributed by atoms with Crippen LogP contribution in [0, 0.1) is 11.8 Å². The van der Waals surface area contributed by atoms with E-state index in [9.17, 15) is 19.2 Å². The van der Waals surface area contributed by atoms with Gasteiger partial charge in [0.15, 0.2) is 0 Å². The van der Waals surface area contributed by atoms with Gasteiger partial charge in [0, 0.05) is 24.7 Å². The first-order chi connectivity index (χ1) is 15.8. The van der Waals surface area contributed by atoms with E-state index in [-0.39, 0.29) is 29.6 Å². The van der Waals surface area contributed by atoms with Crippen LogP contribution in [0.2, 0.25) is 0 Å². The monoisotopic (exact) mass is 550 g/mol. The maximum atomic E-state index is 13.3. The standard InChI is InChI=1S/C26H46O4S4/c1-17(2)31-13-21(27)10-9-11-23(25(29)15-33-19(5)6)24(26(30)16-34-20(7)8)12-22(28)14-32-18(3)4/h17-20,23-24H,9-16H2,1-8H3. The van der Waals surface area contributed by atoms with E-state index in [0.29, 0.717) is 63.3 Å². The lowest BCUT2D eigenvalue weighted by Crippen LogP contribution is -2.35. The second kappa shape index (κ2) is 19.2. The summed E-state index contributed by atoms with van der Waals surface area (Å²) >= 11 is 6.33. The fourth-order valence-electron chi connectivity index (χ4n) is 3.19. The molecule has 0 saturated carbocycles. The van der Waals surface area contributed by atoms with Gasteiger partial charge in [0.05, 0.1) is 23.0 Å². The number of rotatable bonds is 21. The Morgan fingerprint density at radius 2 is 0.912 bits per heavy atom. The fraction of sp³-hybridized carbons (Fsp3) is 0.846. The molecule has 0 rings (SSSR count). The van der Waals surface area contributed by atoms with Gasteiger partial charge in [-0.2, -0.15) is 47.0 Å². The van der Waals surface area contributed by atoms with Gasteiger partial charge in [-0.3, -0.25) is 19.2 Å². The Bertz CT molecular complexity index is 632. The quantitative estimate of drug-likeness (QED) is 0.158. The van der Waals surface area contributed by atoms with Gasteiger partial charge in [0.25, 0.3) is 0 Å². The molecule has 8 heteroatoms. The van der Waals surface area contributed by atoms with Gasteiger partial charge >= 0.3 is 0 Å². The molecular weight excluding hydrogens is 505 g/mol. The third-order valence-corrected chi connectivity index (χ3v) is 9.55. The van der Waals surface area contributed by atoms with Crippen molar-refractivity contribution in [3.8, 4) is 0 Å². The van der Waals surface area contributed by atoms with Crippen molar-refractivity contribution >= 4 is 70.2 Å². The predicted octanol–water partition coefficient (Wildman–Crippen LogP) is 6.62. The summed E-state index contributed by atoms with van der Waals surface area (Å²) in [6.45, 7) is 16.4. The zero-order valence-electron chi connectivity index (χ0n) is 22.4. The second-order valence-electron chi connectivity index (χ2n) is 9.76. The minimum Gasteiger partial charge on any atom is -0.299 e. The largest absolute Gasteiger partial charge is 0.299 e. The summed E-state index contributed by atoms with van der Waals surface area (Å²) in [5, 5.41) is 1.36. The Labute approximate surface area is 225 Å². The highest BCUT2D eigenvalue weighted by Crippen LogP contribution is 2.29. The van der Waals surface area contributed by atoms with E-state index in [2.05, 4.69) is 13.8 Å². The van der Waals surface area contributed by atoms with Gasteiger partial charge in [-0.25, -0.2) is 0 Å². The third kappa shape index (κ3) is 17.5. The van der Waals surface area contributed by atoms with Crippen molar-refractivity contribution in [1.82, 2.24) is 0 Å². The fourth-order valence-corrected chi connectivity index (χ4v) is 5.92. The molecule has 0 aromatic heterocycles. The van der Waals surface area contributed by atoms with Gasteiger partial charge < -0.3 is 0 Å². The normalized spacial score (nSPS) is 13.6. The summed E-state index contributed by atoms with van der Waals surface area (Å²) in [7, 11) is 0. The van der Waals surface area contributed by atoms with Crippen molar-refractivity contribution in [2.75, 3.05) is 23.0 Å². The van der Waals surface area contributed by atoms with Gasteiger partial charge in [-0.05, 0) is 33.8 Å². The molecule has 0 saturated heterocycles. The number of hydrogen-bond acceptors (Lipinski definition) is 8.